The van der Waals surface area contributed by atoms with Gasteiger partial charge in [0.05, 0.1) is 18.1 Å². The van der Waals surface area contributed by atoms with Gasteiger partial charge in [0.1, 0.15) is 5.69 Å². The van der Waals surface area contributed by atoms with E-state index < -0.39 is 0 Å². The summed E-state index contributed by atoms with van der Waals surface area (Å²) in [7, 11) is 0. The quantitative estimate of drug-likeness (QED) is 0.789. The van der Waals surface area contributed by atoms with Crippen molar-refractivity contribution in [2.75, 3.05) is 0 Å². The molecule has 1 heterocycles. The van der Waals surface area contributed by atoms with E-state index in [0.29, 0.717) is 6.54 Å². The Kier molecular flexibility index (Phi) is 3.46. The molecule has 0 radical (unpaired) electrons. The summed E-state index contributed by atoms with van der Waals surface area (Å²) in [5, 5.41) is 8.59. The van der Waals surface area contributed by atoms with Crippen LogP contribution in [0, 0.1) is 0 Å². The monoisotopic (exact) mass is 255 g/mol. The molecule has 0 amide bonds. The first-order chi connectivity index (χ1) is 7.66. The van der Waals surface area contributed by atoms with Crippen molar-refractivity contribution >= 4 is 23.2 Å². The predicted octanol–water partition coefficient (Wildman–Crippen LogP) is 3.28. The second-order valence-electron chi connectivity index (χ2n) is 3.55. The van der Waals surface area contributed by atoms with Gasteiger partial charge in [0, 0.05) is 5.02 Å². The van der Waals surface area contributed by atoms with Crippen LogP contribution in [0.1, 0.15) is 23.6 Å². The molecule has 2 aromatic rings. The maximum atomic E-state index is 6.06. The molecular formula is C11H11Cl2N3. The van der Waals surface area contributed by atoms with Gasteiger partial charge in [0.15, 0.2) is 0 Å². The summed E-state index contributed by atoms with van der Waals surface area (Å²) in [6.07, 6.45) is 1.83. The van der Waals surface area contributed by atoms with E-state index in [4.69, 9.17) is 23.2 Å². The van der Waals surface area contributed by atoms with Gasteiger partial charge in [-0.25, -0.2) is 4.68 Å². The van der Waals surface area contributed by atoms with Crippen LogP contribution in [-0.4, -0.2) is 15.0 Å². The molecule has 0 aliphatic rings. The number of rotatable bonds is 3. The molecule has 3 nitrogen and oxygen atoms in total. The molecule has 1 aromatic carbocycles. The van der Waals surface area contributed by atoms with Gasteiger partial charge in [-0.2, -0.15) is 0 Å². The zero-order valence-corrected chi connectivity index (χ0v) is 10.3. The summed E-state index contributed by atoms with van der Waals surface area (Å²) < 4.78 is 1.73. The van der Waals surface area contributed by atoms with Crippen molar-refractivity contribution in [3.05, 3.63) is 46.7 Å². The Hall–Kier alpha value is -1.06. The van der Waals surface area contributed by atoms with Gasteiger partial charge in [-0.15, -0.1) is 16.7 Å². The van der Waals surface area contributed by atoms with Crippen LogP contribution in [0.4, 0.5) is 0 Å². The maximum absolute atomic E-state index is 6.06. The van der Waals surface area contributed by atoms with Crippen molar-refractivity contribution in [2.45, 2.75) is 18.8 Å². The average Bonchev–Trinajstić information content (AvgIpc) is 2.70. The zero-order chi connectivity index (χ0) is 11.5. The van der Waals surface area contributed by atoms with Crippen molar-refractivity contribution in [2.24, 2.45) is 0 Å². The Balaban J connectivity index is 2.18. The number of benzene rings is 1. The van der Waals surface area contributed by atoms with Gasteiger partial charge in [-0.1, -0.05) is 35.0 Å². The van der Waals surface area contributed by atoms with Crippen LogP contribution in [0.3, 0.4) is 0 Å². The summed E-state index contributed by atoms with van der Waals surface area (Å²) in [6.45, 7) is 2.47. The minimum atomic E-state index is -0.125. The predicted molar refractivity (Wildman–Crippen MR) is 64.8 cm³/mol. The molecule has 0 aliphatic carbocycles. The molecule has 1 atom stereocenters. The van der Waals surface area contributed by atoms with E-state index in [1.54, 1.807) is 4.68 Å². The second kappa shape index (κ2) is 4.85. The Labute approximate surface area is 104 Å². The molecule has 0 aliphatic heterocycles. The smallest absolute Gasteiger partial charge is 0.100 e. The molecule has 1 unspecified atom stereocenters. The van der Waals surface area contributed by atoms with Gasteiger partial charge < -0.3 is 0 Å². The lowest BCUT2D eigenvalue weighted by Gasteiger charge is -2.02. The SMILES string of the molecule is CC(Cl)c1cn(Cc2ccccc2Cl)nn1. The summed E-state index contributed by atoms with van der Waals surface area (Å²) in [5.41, 5.74) is 1.79. The highest BCUT2D eigenvalue weighted by atomic mass is 35.5. The molecule has 84 valence electrons. The van der Waals surface area contributed by atoms with Crippen molar-refractivity contribution in [3.8, 4) is 0 Å². The molecule has 0 bridgehead atoms. The van der Waals surface area contributed by atoms with Gasteiger partial charge in [0.2, 0.25) is 0 Å². The molecule has 16 heavy (non-hydrogen) atoms. The van der Waals surface area contributed by atoms with Crippen LogP contribution in [-0.2, 0) is 6.54 Å². The van der Waals surface area contributed by atoms with Crippen molar-refractivity contribution in [1.82, 2.24) is 15.0 Å². The second-order valence-corrected chi connectivity index (χ2v) is 4.61. The Morgan fingerprint density at radius 1 is 1.38 bits per heavy atom. The van der Waals surface area contributed by atoms with Crippen LogP contribution in [0.2, 0.25) is 5.02 Å². The minimum Gasteiger partial charge on any atom is -0.248 e. The topological polar surface area (TPSA) is 30.7 Å². The first kappa shape index (κ1) is 11.4. The summed E-state index contributed by atoms with van der Waals surface area (Å²) in [4.78, 5) is 0. The Morgan fingerprint density at radius 3 is 2.75 bits per heavy atom. The van der Waals surface area contributed by atoms with E-state index in [-0.39, 0.29) is 5.38 Å². The van der Waals surface area contributed by atoms with E-state index >= 15 is 0 Å². The lowest BCUT2D eigenvalue weighted by atomic mass is 10.2. The van der Waals surface area contributed by atoms with Crippen LogP contribution < -0.4 is 0 Å². The highest BCUT2D eigenvalue weighted by molar-refractivity contribution is 6.31. The van der Waals surface area contributed by atoms with E-state index in [1.807, 2.05) is 37.4 Å². The first-order valence-electron chi connectivity index (χ1n) is 4.94. The van der Waals surface area contributed by atoms with E-state index in [2.05, 4.69) is 10.3 Å². The molecule has 2 rings (SSSR count). The number of hydrogen-bond acceptors (Lipinski definition) is 2. The fourth-order valence-corrected chi connectivity index (χ4v) is 1.67. The average molecular weight is 256 g/mol. The first-order valence-corrected chi connectivity index (χ1v) is 5.76. The molecule has 0 saturated carbocycles. The summed E-state index contributed by atoms with van der Waals surface area (Å²) in [5.74, 6) is 0. The summed E-state index contributed by atoms with van der Waals surface area (Å²) in [6, 6.07) is 7.68. The number of nitrogens with zero attached hydrogens (tertiary/aromatic N) is 3. The normalized spacial score (nSPS) is 12.7. The fraction of sp³-hybridized carbons (Fsp3) is 0.273. The van der Waals surface area contributed by atoms with E-state index in [9.17, 15) is 0 Å². The third-order valence-corrected chi connectivity index (χ3v) is 2.85. The highest BCUT2D eigenvalue weighted by Crippen LogP contribution is 2.18. The fourth-order valence-electron chi connectivity index (χ4n) is 1.37. The molecule has 0 spiro atoms. The zero-order valence-electron chi connectivity index (χ0n) is 8.77. The van der Waals surface area contributed by atoms with Crippen LogP contribution in [0.25, 0.3) is 0 Å². The van der Waals surface area contributed by atoms with Gasteiger partial charge >= 0.3 is 0 Å². The maximum Gasteiger partial charge on any atom is 0.100 e. The van der Waals surface area contributed by atoms with Crippen molar-refractivity contribution < 1.29 is 0 Å². The number of hydrogen-bond donors (Lipinski definition) is 0. The van der Waals surface area contributed by atoms with Crippen molar-refractivity contribution in [3.63, 3.8) is 0 Å². The van der Waals surface area contributed by atoms with E-state index in [0.717, 1.165) is 16.3 Å². The number of halogens is 2. The molecule has 1 aromatic heterocycles. The van der Waals surface area contributed by atoms with Crippen LogP contribution in [0.15, 0.2) is 30.5 Å². The third-order valence-electron chi connectivity index (χ3n) is 2.25. The molecule has 0 saturated heterocycles. The standard InChI is InChI=1S/C11H11Cl2N3/c1-8(12)11-7-16(15-14-11)6-9-4-2-3-5-10(9)13/h2-5,7-8H,6H2,1H3. The molecular weight excluding hydrogens is 245 g/mol. The van der Waals surface area contributed by atoms with Crippen molar-refractivity contribution in [1.29, 1.82) is 0 Å². The molecule has 0 N–H and O–H groups in total. The third kappa shape index (κ3) is 2.54. The minimum absolute atomic E-state index is 0.125. The highest BCUT2D eigenvalue weighted by Gasteiger charge is 2.07. The Morgan fingerprint density at radius 2 is 2.12 bits per heavy atom. The largest absolute Gasteiger partial charge is 0.248 e. The molecule has 5 heteroatoms. The summed E-state index contributed by atoms with van der Waals surface area (Å²) >= 11 is 12.0. The Bertz CT molecular complexity index is 480. The van der Waals surface area contributed by atoms with Crippen LogP contribution in [0.5, 0.6) is 0 Å². The lowest BCUT2D eigenvalue weighted by Crippen LogP contribution is -2.00. The number of alkyl halides is 1. The van der Waals surface area contributed by atoms with Gasteiger partial charge in [0.25, 0.3) is 0 Å². The van der Waals surface area contributed by atoms with E-state index in [1.165, 1.54) is 0 Å². The van der Waals surface area contributed by atoms with Gasteiger partial charge in [-0.05, 0) is 18.6 Å². The molecule has 0 fully saturated rings. The van der Waals surface area contributed by atoms with Gasteiger partial charge in [-0.3, -0.25) is 0 Å². The van der Waals surface area contributed by atoms with Crippen LogP contribution >= 0.6 is 23.2 Å². The number of aromatic nitrogens is 3. The lowest BCUT2D eigenvalue weighted by molar-refractivity contribution is 0.649.